The third-order valence-corrected chi connectivity index (χ3v) is 3.12. The molecule has 0 aromatic carbocycles. The van der Waals surface area contributed by atoms with Gasteiger partial charge < -0.3 is 0 Å². The Bertz CT molecular complexity index is 598. The molecule has 2 aromatic rings. The summed E-state index contributed by atoms with van der Waals surface area (Å²) in [5.41, 5.74) is 0.737. The molecule has 0 aliphatic rings. The Hall–Kier alpha value is -1.56. The SMILES string of the molecule is CCCCn1cc(C=O)c(-c2ncc(Br)cc2F)n1. The first-order chi connectivity index (χ1) is 9.15. The Balaban J connectivity index is 2.42. The average molecular weight is 326 g/mol. The Morgan fingerprint density at radius 2 is 2.26 bits per heavy atom. The fourth-order valence-corrected chi connectivity index (χ4v) is 2.03. The van der Waals surface area contributed by atoms with Crippen LogP contribution in [-0.4, -0.2) is 21.1 Å². The van der Waals surface area contributed by atoms with E-state index >= 15 is 0 Å². The van der Waals surface area contributed by atoms with E-state index in [9.17, 15) is 9.18 Å². The number of aldehydes is 1. The lowest BCUT2D eigenvalue weighted by molar-refractivity contribution is 0.112. The second-order valence-corrected chi connectivity index (χ2v) is 5.07. The standard InChI is InChI=1S/C13H13BrFN3O/c1-2-3-4-18-7-9(8-19)12(17-18)13-11(15)5-10(14)6-16-13/h5-8H,2-4H2,1H3. The highest BCUT2D eigenvalue weighted by Crippen LogP contribution is 2.24. The molecule has 0 fully saturated rings. The van der Waals surface area contributed by atoms with Crippen molar-refractivity contribution in [3.63, 3.8) is 0 Å². The Morgan fingerprint density at radius 1 is 1.47 bits per heavy atom. The fraction of sp³-hybridized carbons (Fsp3) is 0.308. The molecule has 0 aliphatic carbocycles. The Labute approximate surface area is 118 Å². The van der Waals surface area contributed by atoms with Gasteiger partial charge in [0.2, 0.25) is 0 Å². The van der Waals surface area contributed by atoms with Gasteiger partial charge in [-0.3, -0.25) is 14.5 Å². The van der Waals surface area contributed by atoms with Gasteiger partial charge >= 0.3 is 0 Å². The van der Waals surface area contributed by atoms with Gasteiger partial charge in [-0.05, 0) is 28.4 Å². The molecule has 4 nitrogen and oxygen atoms in total. The average Bonchev–Trinajstić information content (AvgIpc) is 2.79. The van der Waals surface area contributed by atoms with Crippen LogP contribution in [0.4, 0.5) is 4.39 Å². The van der Waals surface area contributed by atoms with Gasteiger partial charge in [0.1, 0.15) is 11.4 Å². The second kappa shape index (κ2) is 6.06. The molecule has 2 aromatic heterocycles. The van der Waals surface area contributed by atoms with Crippen LogP contribution >= 0.6 is 15.9 Å². The lowest BCUT2D eigenvalue weighted by Crippen LogP contribution is -1.99. The summed E-state index contributed by atoms with van der Waals surface area (Å²) < 4.78 is 16.1. The molecule has 2 rings (SSSR count). The molecule has 0 N–H and O–H groups in total. The summed E-state index contributed by atoms with van der Waals surface area (Å²) >= 11 is 3.15. The smallest absolute Gasteiger partial charge is 0.153 e. The molecule has 0 saturated heterocycles. The van der Waals surface area contributed by atoms with Gasteiger partial charge in [0.25, 0.3) is 0 Å². The number of hydrogen-bond acceptors (Lipinski definition) is 3. The van der Waals surface area contributed by atoms with Crippen molar-refractivity contribution >= 4 is 22.2 Å². The van der Waals surface area contributed by atoms with Crippen molar-refractivity contribution in [2.75, 3.05) is 0 Å². The second-order valence-electron chi connectivity index (χ2n) is 4.15. The molecule has 0 saturated carbocycles. The summed E-state index contributed by atoms with van der Waals surface area (Å²) in [4.78, 5) is 15.0. The zero-order valence-corrected chi connectivity index (χ0v) is 12.0. The highest BCUT2D eigenvalue weighted by Gasteiger charge is 2.16. The van der Waals surface area contributed by atoms with Crippen LogP contribution in [0, 0.1) is 5.82 Å². The number of unbranched alkanes of at least 4 members (excludes halogenated alkanes) is 1. The van der Waals surface area contributed by atoms with Gasteiger partial charge in [-0.2, -0.15) is 5.10 Å². The molecule has 0 radical (unpaired) electrons. The van der Waals surface area contributed by atoms with E-state index in [-0.39, 0.29) is 11.4 Å². The van der Waals surface area contributed by atoms with Crippen molar-refractivity contribution in [1.29, 1.82) is 0 Å². The molecular weight excluding hydrogens is 313 g/mol. The van der Waals surface area contributed by atoms with Gasteiger partial charge in [0.15, 0.2) is 12.1 Å². The van der Waals surface area contributed by atoms with Crippen molar-refractivity contribution in [3.05, 3.63) is 34.3 Å². The predicted octanol–water partition coefficient (Wildman–Crippen LogP) is 3.46. The minimum Gasteiger partial charge on any atom is -0.298 e. The van der Waals surface area contributed by atoms with Crippen LogP contribution in [0.3, 0.4) is 0 Å². The summed E-state index contributed by atoms with van der Waals surface area (Å²) in [5.74, 6) is -0.502. The van der Waals surface area contributed by atoms with Crippen molar-refractivity contribution in [3.8, 4) is 11.4 Å². The summed E-state index contributed by atoms with van der Waals surface area (Å²) in [6, 6.07) is 1.31. The maximum Gasteiger partial charge on any atom is 0.153 e. The molecule has 0 atom stereocenters. The monoisotopic (exact) mass is 325 g/mol. The molecular formula is C13H13BrFN3O. The molecule has 0 bridgehead atoms. The third kappa shape index (κ3) is 3.07. The van der Waals surface area contributed by atoms with Crippen LogP contribution in [0.25, 0.3) is 11.4 Å². The topological polar surface area (TPSA) is 47.8 Å². The van der Waals surface area contributed by atoms with Gasteiger partial charge in [0.05, 0.1) is 5.56 Å². The van der Waals surface area contributed by atoms with Crippen LogP contribution in [0.2, 0.25) is 0 Å². The summed E-state index contributed by atoms with van der Waals surface area (Å²) in [5, 5.41) is 4.25. The number of halogens is 2. The van der Waals surface area contributed by atoms with Crippen molar-refractivity contribution in [2.24, 2.45) is 0 Å². The maximum atomic E-state index is 13.9. The van der Waals surface area contributed by atoms with Gasteiger partial charge in [-0.25, -0.2) is 4.39 Å². The van der Waals surface area contributed by atoms with E-state index in [4.69, 9.17) is 0 Å². The number of pyridine rings is 1. The van der Waals surface area contributed by atoms with Crippen LogP contribution < -0.4 is 0 Å². The summed E-state index contributed by atoms with van der Waals surface area (Å²) in [7, 11) is 0. The first kappa shape index (κ1) is 13.9. The minimum atomic E-state index is -0.502. The highest BCUT2D eigenvalue weighted by molar-refractivity contribution is 9.10. The van der Waals surface area contributed by atoms with Crippen molar-refractivity contribution in [1.82, 2.24) is 14.8 Å². The molecule has 0 amide bonds. The van der Waals surface area contributed by atoms with Crippen LogP contribution in [0.15, 0.2) is 22.9 Å². The molecule has 100 valence electrons. The zero-order chi connectivity index (χ0) is 13.8. The number of nitrogens with zero attached hydrogens (tertiary/aromatic N) is 3. The van der Waals surface area contributed by atoms with E-state index in [0.29, 0.717) is 22.9 Å². The van der Waals surface area contributed by atoms with E-state index in [1.165, 1.54) is 12.3 Å². The predicted molar refractivity (Wildman–Crippen MR) is 73.4 cm³/mol. The largest absolute Gasteiger partial charge is 0.298 e. The van der Waals surface area contributed by atoms with Gasteiger partial charge in [-0.15, -0.1) is 0 Å². The summed E-state index contributed by atoms with van der Waals surface area (Å²) in [6.45, 7) is 2.77. The van der Waals surface area contributed by atoms with Gasteiger partial charge in [0, 0.05) is 23.4 Å². The highest BCUT2D eigenvalue weighted by atomic mass is 79.9. The van der Waals surface area contributed by atoms with Crippen molar-refractivity contribution in [2.45, 2.75) is 26.3 Å². The zero-order valence-electron chi connectivity index (χ0n) is 10.4. The lowest BCUT2D eigenvalue weighted by Gasteiger charge is -2.00. The van der Waals surface area contributed by atoms with E-state index < -0.39 is 5.82 Å². The van der Waals surface area contributed by atoms with Gasteiger partial charge in [-0.1, -0.05) is 13.3 Å². The molecule has 6 heteroatoms. The van der Waals surface area contributed by atoms with E-state index in [0.717, 1.165) is 12.8 Å². The van der Waals surface area contributed by atoms with E-state index in [1.54, 1.807) is 10.9 Å². The summed E-state index contributed by atoms with van der Waals surface area (Å²) in [6.07, 6.45) is 5.76. The molecule has 19 heavy (non-hydrogen) atoms. The fourth-order valence-electron chi connectivity index (χ4n) is 1.73. The molecule has 0 unspecified atom stereocenters. The Morgan fingerprint density at radius 3 is 2.89 bits per heavy atom. The van der Waals surface area contributed by atoms with E-state index in [2.05, 4.69) is 32.9 Å². The lowest BCUT2D eigenvalue weighted by atomic mass is 10.2. The number of rotatable bonds is 5. The number of aryl methyl sites for hydroxylation is 1. The third-order valence-electron chi connectivity index (χ3n) is 2.69. The molecule has 0 aliphatic heterocycles. The van der Waals surface area contributed by atoms with E-state index in [1.807, 2.05) is 0 Å². The van der Waals surface area contributed by atoms with Crippen LogP contribution in [-0.2, 0) is 6.54 Å². The molecule has 0 spiro atoms. The van der Waals surface area contributed by atoms with Crippen LogP contribution in [0.5, 0.6) is 0 Å². The number of hydrogen-bond donors (Lipinski definition) is 0. The number of carbonyl (C=O) groups is 1. The number of aromatic nitrogens is 3. The van der Waals surface area contributed by atoms with Crippen LogP contribution in [0.1, 0.15) is 30.1 Å². The Kier molecular flexibility index (Phi) is 4.42. The quantitative estimate of drug-likeness (QED) is 0.791. The number of carbonyl (C=O) groups excluding carboxylic acids is 1. The normalized spacial score (nSPS) is 10.7. The first-order valence-corrected chi connectivity index (χ1v) is 6.79. The first-order valence-electron chi connectivity index (χ1n) is 5.99. The molecule has 2 heterocycles. The maximum absolute atomic E-state index is 13.9. The minimum absolute atomic E-state index is 0.0977. The van der Waals surface area contributed by atoms with Crippen molar-refractivity contribution < 1.29 is 9.18 Å².